The van der Waals surface area contributed by atoms with Gasteiger partial charge < -0.3 is 4.74 Å². The second-order valence-electron chi connectivity index (χ2n) is 7.84. The molecule has 0 aliphatic carbocycles. The van der Waals surface area contributed by atoms with Crippen LogP contribution >= 0.6 is 0 Å². The molecule has 2 saturated heterocycles. The van der Waals surface area contributed by atoms with E-state index in [1.54, 1.807) is 0 Å². The lowest BCUT2D eigenvalue weighted by Crippen LogP contribution is -2.60. The third kappa shape index (κ3) is 2.79. The monoisotopic (exact) mass is 268 g/mol. The molecule has 0 atom stereocenters. The van der Waals surface area contributed by atoms with Crippen LogP contribution in [-0.4, -0.2) is 52.2 Å². The Morgan fingerprint density at radius 1 is 1.00 bits per heavy atom. The second-order valence-corrected chi connectivity index (χ2v) is 7.84. The van der Waals surface area contributed by atoms with Crippen molar-refractivity contribution in [2.75, 3.05) is 19.6 Å². The van der Waals surface area contributed by atoms with E-state index in [0.717, 1.165) is 25.9 Å². The van der Waals surface area contributed by atoms with Crippen molar-refractivity contribution >= 4 is 5.97 Å². The molecule has 2 heterocycles. The Morgan fingerprint density at radius 2 is 1.53 bits per heavy atom. The SMILES string of the molecule is CC(C)(C)N1CCC2(CC1)OC(=O)CN2C(C)(C)C. The van der Waals surface area contributed by atoms with E-state index in [4.69, 9.17) is 4.74 Å². The lowest BCUT2D eigenvalue weighted by molar-refractivity contribution is -0.172. The van der Waals surface area contributed by atoms with Gasteiger partial charge in [0.15, 0.2) is 5.72 Å². The summed E-state index contributed by atoms with van der Waals surface area (Å²) in [7, 11) is 0. The van der Waals surface area contributed by atoms with Gasteiger partial charge in [0.25, 0.3) is 0 Å². The summed E-state index contributed by atoms with van der Waals surface area (Å²) in [5.74, 6) is -0.0702. The van der Waals surface area contributed by atoms with Crippen molar-refractivity contribution in [1.82, 2.24) is 9.80 Å². The number of carbonyl (C=O) groups excluding carboxylic acids is 1. The van der Waals surface area contributed by atoms with Crippen molar-refractivity contribution in [2.45, 2.75) is 71.2 Å². The highest BCUT2D eigenvalue weighted by Crippen LogP contribution is 2.40. The molecular weight excluding hydrogens is 240 g/mol. The molecule has 4 heteroatoms. The standard InChI is InChI=1S/C15H28N2O2/c1-13(2,3)16-9-7-15(8-10-16)17(14(4,5)6)11-12(18)19-15/h7-11H2,1-6H3. The summed E-state index contributed by atoms with van der Waals surface area (Å²) in [6.45, 7) is 15.6. The molecule has 4 nitrogen and oxygen atoms in total. The van der Waals surface area contributed by atoms with Crippen LogP contribution < -0.4 is 0 Å². The minimum absolute atomic E-state index is 0.0317. The van der Waals surface area contributed by atoms with E-state index >= 15 is 0 Å². The third-order valence-electron chi connectivity index (χ3n) is 4.39. The second kappa shape index (κ2) is 4.45. The van der Waals surface area contributed by atoms with Gasteiger partial charge in [0.1, 0.15) is 6.54 Å². The first kappa shape index (κ1) is 14.8. The molecule has 0 amide bonds. The fourth-order valence-electron chi connectivity index (χ4n) is 3.32. The Bertz CT molecular complexity index is 357. The van der Waals surface area contributed by atoms with Gasteiger partial charge in [-0.25, -0.2) is 4.90 Å². The normalized spacial score (nSPS) is 25.9. The molecule has 0 bridgehead atoms. The van der Waals surface area contributed by atoms with Crippen molar-refractivity contribution in [3.05, 3.63) is 0 Å². The average Bonchev–Trinajstić information content (AvgIpc) is 2.54. The molecule has 0 saturated carbocycles. The summed E-state index contributed by atoms with van der Waals surface area (Å²) >= 11 is 0. The van der Waals surface area contributed by atoms with Crippen LogP contribution in [0.3, 0.4) is 0 Å². The predicted octanol–water partition coefficient (Wildman–Crippen LogP) is 2.23. The fraction of sp³-hybridized carbons (Fsp3) is 0.933. The third-order valence-corrected chi connectivity index (χ3v) is 4.39. The molecule has 2 aliphatic heterocycles. The molecule has 0 unspecified atom stereocenters. The van der Waals surface area contributed by atoms with Gasteiger partial charge in [-0.2, -0.15) is 0 Å². The van der Waals surface area contributed by atoms with Crippen LogP contribution in [-0.2, 0) is 9.53 Å². The quantitative estimate of drug-likeness (QED) is 0.631. The number of hydrogen-bond acceptors (Lipinski definition) is 4. The van der Waals surface area contributed by atoms with Gasteiger partial charge >= 0.3 is 5.97 Å². The number of piperidine rings is 1. The van der Waals surface area contributed by atoms with Crippen LogP contribution in [0, 0.1) is 0 Å². The summed E-state index contributed by atoms with van der Waals surface area (Å²) < 4.78 is 5.75. The van der Waals surface area contributed by atoms with Gasteiger partial charge in [-0.1, -0.05) is 0 Å². The number of hydrogen-bond donors (Lipinski definition) is 0. The minimum Gasteiger partial charge on any atom is -0.443 e. The highest BCUT2D eigenvalue weighted by atomic mass is 16.6. The number of esters is 1. The van der Waals surface area contributed by atoms with Gasteiger partial charge in [-0.05, 0) is 41.5 Å². The summed E-state index contributed by atoms with van der Waals surface area (Å²) in [6.07, 6.45) is 1.82. The number of likely N-dealkylation sites (tertiary alicyclic amines) is 1. The van der Waals surface area contributed by atoms with Crippen molar-refractivity contribution < 1.29 is 9.53 Å². The summed E-state index contributed by atoms with van der Waals surface area (Å²) in [5.41, 5.74) is -0.204. The largest absolute Gasteiger partial charge is 0.443 e. The highest BCUT2D eigenvalue weighted by Gasteiger charge is 2.53. The van der Waals surface area contributed by atoms with Gasteiger partial charge in [-0.15, -0.1) is 0 Å². The zero-order valence-corrected chi connectivity index (χ0v) is 13.2. The van der Waals surface area contributed by atoms with Crippen LogP contribution in [0.5, 0.6) is 0 Å². The number of rotatable bonds is 0. The lowest BCUT2D eigenvalue weighted by Gasteiger charge is -2.50. The molecule has 110 valence electrons. The van der Waals surface area contributed by atoms with Crippen LogP contribution in [0.2, 0.25) is 0 Å². The molecule has 2 fully saturated rings. The Kier molecular flexibility index (Phi) is 3.47. The van der Waals surface area contributed by atoms with Crippen LogP contribution in [0.15, 0.2) is 0 Å². The van der Waals surface area contributed by atoms with Crippen LogP contribution in [0.25, 0.3) is 0 Å². The summed E-state index contributed by atoms with van der Waals surface area (Å²) in [6, 6.07) is 0. The average molecular weight is 268 g/mol. The first-order valence-electron chi connectivity index (χ1n) is 7.29. The van der Waals surface area contributed by atoms with Gasteiger partial charge in [0.2, 0.25) is 0 Å². The molecule has 19 heavy (non-hydrogen) atoms. The Balaban J connectivity index is 2.14. The highest BCUT2D eigenvalue weighted by molar-refractivity contribution is 5.74. The Hall–Kier alpha value is -0.610. The first-order valence-corrected chi connectivity index (χ1v) is 7.29. The molecule has 0 aromatic rings. The van der Waals surface area contributed by atoms with E-state index in [1.165, 1.54) is 0 Å². The van der Waals surface area contributed by atoms with Gasteiger partial charge in [-0.3, -0.25) is 9.69 Å². The molecule has 0 N–H and O–H groups in total. The molecule has 1 spiro atoms. The maximum atomic E-state index is 11.8. The maximum absolute atomic E-state index is 11.8. The van der Waals surface area contributed by atoms with E-state index in [1.807, 2.05) is 0 Å². The number of ether oxygens (including phenoxy) is 1. The van der Waals surface area contributed by atoms with E-state index in [0.29, 0.717) is 6.54 Å². The van der Waals surface area contributed by atoms with Crippen molar-refractivity contribution in [3.63, 3.8) is 0 Å². The summed E-state index contributed by atoms with van der Waals surface area (Å²) in [5, 5.41) is 0. The summed E-state index contributed by atoms with van der Waals surface area (Å²) in [4.78, 5) is 16.5. The maximum Gasteiger partial charge on any atom is 0.322 e. The number of carbonyl (C=O) groups is 1. The number of nitrogens with zero attached hydrogens (tertiary/aromatic N) is 2. The molecular formula is C15H28N2O2. The van der Waals surface area contributed by atoms with Gasteiger partial charge in [0.05, 0.1) is 0 Å². The van der Waals surface area contributed by atoms with E-state index < -0.39 is 0 Å². The molecule has 0 aromatic carbocycles. The van der Waals surface area contributed by atoms with Crippen molar-refractivity contribution in [1.29, 1.82) is 0 Å². The van der Waals surface area contributed by atoms with E-state index in [9.17, 15) is 4.79 Å². The molecule has 2 rings (SSSR count). The zero-order valence-electron chi connectivity index (χ0n) is 13.2. The Morgan fingerprint density at radius 3 is 1.95 bits per heavy atom. The van der Waals surface area contributed by atoms with Crippen LogP contribution in [0.1, 0.15) is 54.4 Å². The molecule has 2 aliphatic rings. The smallest absolute Gasteiger partial charge is 0.322 e. The minimum atomic E-state index is -0.364. The lowest BCUT2D eigenvalue weighted by atomic mass is 9.91. The van der Waals surface area contributed by atoms with Gasteiger partial charge in [0, 0.05) is 37.0 Å². The van der Waals surface area contributed by atoms with Crippen molar-refractivity contribution in [3.8, 4) is 0 Å². The zero-order chi connectivity index (χ0) is 14.5. The molecule has 0 radical (unpaired) electrons. The first-order chi connectivity index (χ1) is 8.55. The van der Waals surface area contributed by atoms with E-state index in [2.05, 4.69) is 51.3 Å². The predicted molar refractivity (Wildman–Crippen MR) is 75.8 cm³/mol. The Labute approximate surface area is 117 Å². The van der Waals surface area contributed by atoms with Crippen LogP contribution in [0.4, 0.5) is 0 Å². The van der Waals surface area contributed by atoms with E-state index in [-0.39, 0.29) is 22.8 Å². The topological polar surface area (TPSA) is 32.8 Å². The molecule has 0 aromatic heterocycles. The fourth-order valence-corrected chi connectivity index (χ4v) is 3.32. The van der Waals surface area contributed by atoms with Crippen molar-refractivity contribution in [2.24, 2.45) is 0 Å².